The van der Waals surface area contributed by atoms with E-state index < -0.39 is 17.9 Å². The minimum atomic E-state index is -0.845. The number of ketones is 1. The summed E-state index contributed by atoms with van der Waals surface area (Å²) in [5, 5.41) is 9.92. The van der Waals surface area contributed by atoms with Crippen molar-refractivity contribution in [1.29, 1.82) is 0 Å². The molecular formula is C27H32ClN5O5. The molecule has 0 aliphatic heterocycles. The number of Topliss-reactive ketones (excluding diaryl/α,β-unsaturated/α-hetero) is 1. The Morgan fingerprint density at radius 2 is 1.89 bits per heavy atom. The lowest BCUT2D eigenvalue weighted by Crippen LogP contribution is -2.41. The fourth-order valence-corrected chi connectivity index (χ4v) is 3.94. The molecule has 11 heteroatoms. The van der Waals surface area contributed by atoms with E-state index >= 15 is 0 Å². The molecular weight excluding hydrogens is 510 g/mol. The van der Waals surface area contributed by atoms with Crippen molar-refractivity contribution in [2.24, 2.45) is 5.73 Å². The van der Waals surface area contributed by atoms with Gasteiger partial charge in [0, 0.05) is 17.1 Å². The van der Waals surface area contributed by atoms with Crippen LogP contribution < -0.4 is 16.4 Å². The lowest BCUT2D eigenvalue weighted by molar-refractivity contribution is 0.0903. The molecule has 0 fully saturated rings. The van der Waals surface area contributed by atoms with Crippen LogP contribution in [0, 0.1) is 0 Å². The normalized spacial score (nSPS) is 11.6. The second-order valence-electron chi connectivity index (χ2n) is 8.59. The van der Waals surface area contributed by atoms with E-state index in [0.29, 0.717) is 49.4 Å². The summed E-state index contributed by atoms with van der Waals surface area (Å²) in [6.45, 7) is 2.83. The Morgan fingerprint density at radius 1 is 1.11 bits per heavy atom. The molecule has 38 heavy (non-hydrogen) atoms. The predicted octanol–water partition coefficient (Wildman–Crippen LogP) is 3.71. The van der Waals surface area contributed by atoms with Crippen LogP contribution in [-0.2, 0) is 17.6 Å². The van der Waals surface area contributed by atoms with Crippen molar-refractivity contribution in [1.82, 2.24) is 20.8 Å². The first-order chi connectivity index (χ1) is 18.4. The zero-order valence-corrected chi connectivity index (χ0v) is 22.0. The first-order valence-corrected chi connectivity index (χ1v) is 12.9. The van der Waals surface area contributed by atoms with Gasteiger partial charge in [-0.05, 0) is 74.5 Å². The number of carbonyl (C=O) groups is 3. The monoisotopic (exact) mass is 541 g/mol. The number of alkyl carbamates (subject to hydrolysis) is 1. The van der Waals surface area contributed by atoms with Crippen molar-refractivity contribution in [3.05, 3.63) is 82.0 Å². The fourth-order valence-electron chi connectivity index (χ4n) is 3.72. The number of hydrogen-bond donors (Lipinski definition) is 3. The quantitative estimate of drug-likeness (QED) is 0.206. The van der Waals surface area contributed by atoms with Crippen LogP contribution in [0.2, 0.25) is 5.02 Å². The van der Waals surface area contributed by atoms with Crippen LogP contribution >= 0.6 is 11.6 Å². The van der Waals surface area contributed by atoms with Gasteiger partial charge in [0.1, 0.15) is 0 Å². The van der Waals surface area contributed by atoms with Crippen LogP contribution in [0.25, 0.3) is 0 Å². The molecule has 0 saturated carbocycles. The molecule has 3 aromatic rings. The van der Waals surface area contributed by atoms with Gasteiger partial charge < -0.3 is 25.6 Å². The van der Waals surface area contributed by atoms with Gasteiger partial charge in [-0.3, -0.25) is 9.59 Å². The highest BCUT2D eigenvalue weighted by atomic mass is 35.5. The predicted molar refractivity (Wildman–Crippen MR) is 142 cm³/mol. The SMILES string of the molecule is CCOC(=O)N[C@@H](CCCCN)C(=O)c1noc(Cc2ccc(C(=O)NCCc3cccc(Cl)c3)cc2)n1. The zero-order valence-electron chi connectivity index (χ0n) is 21.2. The number of rotatable bonds is 14. The fraction of sp³-hybridized carbons (Fsp3) is 0.370. The van der Waals surface area contributed by atoms with Gasteiger partial charge in [0.25, 0.3) is 5.91 Å². The van der Waals surface area contributed by atoms with E-state index in [1.807, 2.05) is 24.3 Å². The number of benzene rings is 2. The molecule has 0 saturated heterocycles. The average Bonchev–Trinajstić information content (AvgIpc) is 3.37. The van der Waals surface area contributed by atoms with E-state index in [1.54, 1.807) is 31.2 Å². The van der Waals surface area contributed by atoms with E-state index in [1.165, 1.54) is 0 Å². The third-order valence-corrected chi connectivity index (χ3v) is 5.91. The number of aromatic nitrogens is 2. The van der Waals surface area contributed by atoms with Gasteiger partial charge in [0.15, 0.2) is 0 Å². The minimum Gasteiger partial charge on any atom is -0.450 e. The van der Waals surface area contributed by atoms with Gasteiger partial charge in [0.05, 0.1) is 19.1 Å². The van der Waals surface area contributed by atoms with E-state index in [4.69, 9.17) is 26.6 Å². The van der Waals surface area contributed by atoms with Crippen LogP contribution in [0.5, 0.6) is 0 Å². The molecule has 0 aliphatic carbocycles. The van der Waals surface area contributed by atoms with E-state index in [2.05, 4.69) is 20.8 Å². The van der Waals surface area contributed by atoms with E-state index in [-0.39, 0.29) is 30.7 Å². The number of amides is 2. The van der Waals surface area contributed by atoms with Crippen molar-refractivity contribution in [2.75, 3.05) is 19.7 Å². The van der Waals surface area contributed by atoms with Gasteiger partial charge in [-0.2, -0.15) is 4.98 Å². The molecule has 2 aromatic carbocycles. The van der Waals surface area contributed by atoms with Crippen LogP contribution in [0.4, 0.5) is 4.79 Å². The molecule has 0 unspecified atom stereocenters. The smallest absolute Gasteiger partial charge is 0.407 e. The summed E-state index contributed by atoms with van der Waals surface area (Å²) in [5.74, 6) is -0.525. The summed E-state index contributed by atoms with van der Waals surface area (Å²) >= 11 is 5.99. The number of nitrogens with one attached hydrogen (secondary N) is 2. The Morgan fingerprint density at radius 3 is 2.61 bits per heavy atom. The number of halogens is 1. The third-order valence-electron chi connectivity index (χ3n) is 5.68. The number of hydrogen-bond acceptors (Lipinski definition) is 8. The molecule has 2 amide bonds. The minimum absolute atomic E-state index is 0.120. The highest BCUT2D eigenvalue weighted by molar-refractivity contribution is 6.30. The molecule has 0 bridgehead atoms. The van der Waals surface area contributed by atoms with E-state index in [9.17, 15) is 14.4 Å². The van der Waals surface area contributed by atoms with Crippen molar-refractivity contribution in [3.63, 3.8) is 0 Å². The lowest BCUT2D eigenvalue weighted by Gasteiger charge is -2.15. The molecule has 1 atom stereocenters. The largest absolute Gasteiger partial charge is 0.450 e. The number of carbonyl (C=O) groups excluding carboxylic acids is 3. The molecule has 1 heterocycles. The van der Waals surface area contributed by atoms with Crippen LogP contribution in [0.3, 0.4) is 0 Å². The van der Waals surface area contributed by atoms with Crippen molar-refractivity contribution < 1.29 is 23.6 Å². The summed E-state index contributed by atoms with van der Waals surface area (Å²) in [6, 6.07) is 13.7. The molecule has 202 valence electrons. The summed E-state index contributed by atoms with van der Waals surface area (Å²) in [4.78, 5) is 41.5. The Labute approximate surface area is 226 Å². The maximum Gasteiger partial charge on any atom is 0.407 e. The maximum absolute atomic E-state index is 12.9. The van der Waals surface area contributed by atoms with Gasteiger partial charge in [0.2, 0.25) is 17.5 Å². The molecule has 3 rings (SSSR count). The van der Waals surface area contributed by atoms with Crippen molar-refractivity contribution >= 4 is 29.4 Å². The number of nitrogens with zero attached hydrogens (tertiary/aromatic N) is 2. The zero-order chi connectivity index (χ0) is 27.3. The van der Waals surface area contributed by atoms with Gasteiger partial charge in [-0.15, -0.1) is 0 Å². The van der Waals surface area contributed by atoms with Crippen molar-refractivity contribution in [3.8, 4) is 0 Å². The van der Waals surface area contributed by atoms with Crippen molar-refractivity contribution in [2.45, 2.75) is 45.1 Å². The number of unbranched alkanes of at least 4 members (excludes halogenated alkanes) is 1. The van der Waals surface area contributed by atoms with Crippen LogP contribution in [0.15, 0.2) is 53.1 Å². The van der Waals surface area contributed by atoms with Crippen LogP contribution in [0.1, 0.15) is 64.2 Å². The highest BCUT2D eigenvalue weighted by Gasteiger charge is 2.26. The third kappa shape index (κ3) is 8.97. The summed E-state index contributed by atoms with van der Waals surface area (Å²) < 4.78 is 10.2. The van der Waals surface area contributed by atoms with Gasteiger partial charge >= 0.3 is 6.09 Å². The lowest BCUT2D eigenvalue weighted by atomic mass is 10.0. The molecule has 4 N–H and O–H groups in total. The molecule has 0 aliphatic rings. The van der Waals surface area contributed by atoms with Crippen LogP contribution in [-0.4, -0.2) is 53.7 Å². The number of ether oxygens (including phenoxy) is 1. The topological polar surface area (TPSA) is 149 Å². The Kier molecular flexibility index (Phi) is 11.3. The number of nitrogens with two attached hydrogens (primary N) is 1. The maximum atomic E-state index is 12.9. The van der Waals surface area contributed by atoms with Gasteiger partial charge in [-0.25, -0.2) is 4.79 Å². The summed E-state index contributed by atoms with van der Waals surface area (Å²) in [6.07, 6.45) is 2.00. The molecule has 0 radical (unpaired) electrons. The second-order valence-corrected chi connectivity index (χ2v) is 9.02. The molecule has 1 aromatic heterocycles. The molecule has 10 nitrogen and oxygen atoms in total. The van der Waals surface area contributed by atoms with Gasteiger partial charge in [-0.1, -0.05) is 41.0 Å². The average molecular weight is 542 g/mol. The summed E-state index contributed by atoms with van der Waals surface area (Å²) in [5.41, 5.74) is 7.93. The summed E-state index contributed by atoms with van der Waals surface area (Å²) in [7, 11) is 0. The van der Waals surface area contributed by atoms with E-state index in [0.717, 1.165) is 11.1 Å². The highest BCUT2D eigenvalue weighted by Crippen LogP contribution is 2.13. The second kappa shape index (κ2) is 14.8. The Bertz CT molecular complexity index is 1210. The first kappa shape index (κ1) is 28.8. The molecule has 0 spiro atoms. The Balaban J connectivity index is 1.55. The standard InChI is InChI=1S/C27H32ClN5O5/c1-2-37-27(36)31-22(8-3-4-14-29)24(34)25-32-23(38-33-25)17-19-9-11-20(12-10-19)26(35)30-15-13-18-6-5-7-21(28)16-18/h5-7,9-12,16,22H,2-4,8,13-15,17,29H2,1H3,(H,30,35)(H,31,36)/t22-/m0/s1. The Hall–Kier alpha value is -3.76. The first-order valence-electron chi connectivity index (χ1n) is 12.5.